The van der Waals surface area contributed by atoms with E-state index in [4.69, 9.17) is 20.0 Å². The topological polar surface area (TPSA) is 246 Å². The molecule has 3 saturated heterocycles. The molecule has 3 aliphatic heterocycles. The molecular formula is C25H23N6NaO11S2. The van der Waals surface area contributed by atoms with Crippen molar-refractivity contribution in [2.45, 2.75) is 55.5 Å². The number of esters is 2. The number of nitro benzene ring substituents is 1. The van der Waals surface area contributed by atoms with Gasteiger partial charge < -0.3 is 35.3 Å². The summed E-state index contributed by atoms with van der Waals surface area (Å²) >= 11 is 2.10. The van der Waals surface area contributed by atoms with Crippen LogP contribution in [-0.4, -0.2) is 84.7 Å². The summed E-state index contributed by atoms with van der Waals surface area (Å²) in [7, 11) is 0. The van der Waals surface area contributed by atoms with Crippen molar-refractivity contribution in [3.63, 3.8) is 0 Å². The molecule has 2 amide bonds. The third kappa shape index (κ3) is 6.35. The van der Waals surface area contributed by atoms with Gasteiger partial charge in [0.05, 0.1) is 22.6 Å². The number of carboxylic acid groups (broad SMARTS) is 1. The molecule has 0 radical (unpaired) electrons. The van der Waals surface area contributed by atoms with E-state index in [0.29, 0.717) is 5.56 Å². The minimum absolute atomic E-state index is 0. The largest absolute Gasteiger partial charge is 1.00 e. The number of anilines is 1. The van der Waals surface area contributed by atoms with Crippen LogP contribution in [0.1, 0.15) is 31.5 Å². The number of carboxylic acids is 1. The molecule has 20 heteroatoms. The maximum atomic E-state index is 13.4. The summed E-state index contributed by atoms with van der Waals surface area (Å²) in [5, 5.41) is 29.9. The van der Waals surface area contributed by atoms with Crippen molar-refractivity contribution in [2.24, 2.45) is 5.16 Å². The zero-order chi connectivity index (χ0) is 32.0. The van der Waals surface area contributed by atoms with E-state index in [1.54, 1.807) is 0 Å². The number of nitro groups is 1. The fraction of sp³-hybridized carbons (Fsp3) is 0.400. The quantitative estimate of drug-likeness (QED) is 0.0613. The fourth-order valence-corrected chi connectivity index (χ4v) is 6.82. The van der Waals surface area contributed by atoms with Crippen LogP contribution in [0.25, 0.3) is 0 Å². The summed E-state index contributed by atoms with van der Waals surface area (Å²) in [6, 6.07) is 3.32. The molecule has 0 aliphatic carbocycles. The monoisotopic (exact) mass is 670 g/mol. The van der Waals surface area contributed by atoms with E-state index in [9.17, 15) is 39.2 Å². The molecule has 0 spiro atoms. The van der Waals surface area contributed by atoms with Gasteiger partial charge in [-0.2, -0.15) is 0 Å². The SMILES string of the molecule is CC(C)(O/N=C(\C(=O)N[C@@H]1C(=O)N2[C@@H]1CS[C@@H]1CC(=O)O[C@]12C(=O)[O-])c1csc(N)n1)C(=O)OCc1ccc([N+](=O)[O-])cc1.[Na+]. The number of aliphatic carboxylic acids is 1. The number of nitrogens with one attached hydrogen (secondary N) is 1. The Bertz CT molecular complexity index is 1600. The third-order valence-corrected chi connectivity index (χ3v) is 9.13. The Morgan fingerprint density at radius 3 is 2.58 bits per heavy atom. The van der Waals surface area contributed by atoms with Gasteiger partial charge in [-0.15, -0.1) is 23.1 Å². The van der Waals surface area contributed by atoms with Crippen molar-refractivity contribution < 1.29 is 77.9 Å². The van der Waals surface area contributed by atoms with Gasteiger partial charge in [0.15, 0.2) is 10.8 Å². The molecule has 232 valence electrons. The molecular weight excluding hydrogens is 647 g/mol. The van der Waals surface area contributed by atoms with Crippen LogP contribution in [0, 0.1) is 10.1 Å². The summed E-state index contributed by atoms with van der Waals surface area (Å²) in [5.41, 5.74) is 1.58. The Morgan fingerprint density at radius 2 is 1.98 bits per heavy atom. The molecule has 4 heterocycles. The minimum Gasteiger partial charge on any atom is -0.544 e. The number of ether oxygens (including phenoxy) is 2. The van der Waals surface area contributed by atoms with E-state index in [1.165, 1.54) is 43.5 Å². The van der Waals surface area contributed by atoms with Crippen LogP contribution in [-0.2, 0) is 44.9 Å². The number of oxime groups is 1. The van der Waals surface area contributed by atoms with Gasteiger partial charge in [0, 0.05) is 23.3 Å². The average molecular weight is 671 g/mol. The van der Waals surface area contributed by atoms with Crippen LogP contribution in [0.15, 0.2) is 34.8 Å². The number of thioether (sulfide) groups is 1. The summed E-state index contributed by atoms with van der Waals surface area (Å²) in [6.07, 6.45) is -0.211. The van der Waals surface area contributed by atoms with E-state index in [1.807, 2.05) is 0 Å². The Balaban J connectivity index is 0.00000461. The maximum Gasteiger partial charge on any atom is 1.00 e. The van der Waals surface area contributed by atoms with Crippen LogP contribution in [0.4, 0.5) is 10.8 Å². The zero-order valence-corrected chi connectivity index (χ0v) is 27.5. The van der Waals surface area contributed by atoms with Crippen LogP contribution in [0.5, 0.6) is 0 Å². The first-order valence-corrected chi connectivity index (χ1v) is 14.7. The van der Waals surface area contributed by atoms with Crippen LogP contribution >= 0.6 is 23.1 Å². The summed E-state index contributed by atoms with van der Waals surface area (Å²) in [4.78, 5) is 83.9. The van der Waals surface area contributed by atoms with E-state index < -0.39 is 69.0 Å². The molecule has 2 aromatic rings. The summed E-state index contributed by atoms with van der Waals surface area (Å²) in [5.74, 6) is -4.95. The molecule has 3 fully saturated rings. The second kappa shape index (κ2) is 12.9. The Morgan fingerprint density at radius 1 is 1.29 bits per heavy atom. The number of thiazole rings is 1. The van der Waals surface area contributed by atoms with Gasteiger partial charge in [-0.05, 0) is 31.5 Å². The summed E-state index contributed by atoms with van der Waals surface area (Å²) in [6.45, 7) is 2.42. The van der Waals surface area contributed by atoms with Gasteiger partial charge in [-0.3, -0.25) is 29.4 Å². The number of aromatic nitrogens is 1. The van der Waals surface area contributed by atoms with Crippen molar-refractivity contribution in [1.82, 2.24) is 15.2 Å². The summed E-state index contributed by atoms with van der Waals surface area (Å²) < 4.78 is 10.3. The smallest absolute Gasteiger partial charge is 0.544 e. The van der Waals surface area contributed by atoms with Crippen molar-refractivity contribution in [2.75, 3.05) is 11.5 Å². The second-order valence-corrected chi connectivity index (χ2v) is 12.4. The van der Waals surface area contributed by atoms with Gasteiger partial charge in [-0.1, -0.05) is 5.16 Å². The molecule has 0 unspecified atom stereocenters. The number of carbonyl (C=O) groups excluding carboxylic acids is 5. The number of benzene rings is 1. The Labute approximate surface area is 284 Å². The molecule has 3 aliphatic rings. The molecule has 4 atom stereocenters. The number of nitrogens with two attached hydrogens (primary N) is 1. The molecule has 3 N–H and O–H groups in total. The Kier molecular flexibility index (Phi) is 9.78. The number of non-ortho nitro benzene ring substituents is 1. The number of carbonyl (C=O) groups is 5. The van der Waals surface area contributed by atoms with Gasteiger partial charge >= 0.3 is 41.5 Å². The molecule has 17 nitrogen and oxygen atoms in total. The van der Waals surface area contributed by atoms with Crippen molar-refractivity contribution >= 4 is 69.4 Å². The van der Waals surface area contributed by atoms with Crippen LogP contribution in [0.2, 0.25) is 0 Å². The van der Waals surface area contributed by atoms with Gasteiger partial charge in [0.2, 0.25) is 11.3 Å². The van der Waals surface area contributed by atoms with Crippen molar-refractivity contribution in [3.05, 3.63) is 51.0 Å². The molecule has 5 rings (SSSR count). The number of fused-ring (bicyclic) bond motifs is 3. The first-order valence-electron chi connectivity index (χ1n) is 12.8. The number of β-lactam (4-membered cyclic amide) rings is 1. The van der Waals surface area contributed by atoms with Gasteiger partial charge in [-0.25, -0.2) is 9.78 Å². The van der Waals surface area contributed by atoms with Crippen molar-refractivity contribution in [1.29, 1.82) is 0 Å². The normalized spacial score (nSPS) is 23.8. The van der Waals surface area contributed by atoms with E-state index >= 15 is 0 Å². The molecule has 0 saturated carbocycles. The predicted octanol–water partition coefficient (Wildman–Crippen LogP) is -3.92. The standard InChI is InChI=1S/C25H24N6O11S2.Na/c1-24(2,22(37)40-8-11-3-5-12(6-4-11)31(38)39)42-29-17(13-9-44-23(26)27-13)19(33)28-18-14-10-43-15-7-16(32)41-25(15,21(35)36)30(14)20(18)34;/h3-6,9,14-15,18H,7-8,10H2,1-2H3,(H2,26,27)(H,28,33)(H,35,36);/q;+1/p-1/b29-17-;/t14-,15-,18+,25+;/m1./s1. The molecule has 45 heavy (non-hydrogen) atoms. The molecule has 1 aromatic heterocycles. The Hall–Kier alpha value is -3.78. The number of hydrogen-bond acceptors (Lipinski definition) is 16. The third-order valence-electron chi connectivity index (χ3n) is 7.04. The molecule has 0 bridgehead atoms. The first-order chi connectivity index (χ1) is 20.7. The number of hydrogen-bond donors (Lipinski definition) is 2. The van der Waals surface area contributed by atoms with Gasteiger partial charge in [0.25, 0.3) is 17.5 Å². The number of nitrogens with zero attached hydrogens (tertiary/aromatic N) is 4. The number of nitrogen functional groups attached to an aromatic ring is 1. The van der Waals surface area contributed by atoms with E-state index in [0.717, 1.165) is 28.0 Å². The predicted molar refractivity (Wildman–Crippen MR) is 148 cm³/mol. The van der Waals surface area contributed by atoms with E-state index in [-0.39, 0.29) is 64.9 Å². The second-order valence-electron chi connectivity index (χ2n) is 10.3. The zero-order valence-electron chi connectivity index (χ0n) is 23.9. The maximum absolute atomic E-state index is 13.4. The van der Waals surface area contributed by atoms with Crippen LogP contribution in [0.3, 0.4) is 0 Å². The fourth-order valence-electron chi connectivity index (χ4n) is 4.76. The average Bonchev–Trinajstić information content (AvgIpc) is 3.56. The first kappa shape index (κ1) is 34.1. The minimum atomic E-state index is -2.27. The number of rotatable bonds is 10. The van der Waals surface area contributed by atoms with Crippen molar-refractivity contribution in [3.8, 4) is 0 Å². The van der Waals surface area contributed by atoms with Crippen LogP contribution < -0.4 is 45.7 Å². The number of amides is 2. The van der Waals surface area contributed by atoms with E-state index in [2.05, 4.69) is 15.5 Å². The molecule has 1 aromatic carbocycles. The van der Waals surface area contributed by atoms with Gasteiger partial charge in [0.1, 0.15) is 24.3 Å².